The van der Waals surface area contributed by atoms with E-state index in [-0.39, 0.29) is 23.8 Å². The molecule has 7 nitrogen and oxygen atoms in total. The minimum atomic E-state index is -0.250. The first-order chi connectivity index (χ1) is 13.6. The number of carbonyl (C=O) groups is 2. The van der Waals surface area contributed by atoms with Crippen LogP contribution in [0.1, 0.15) is 55.9 Å². The van der Waals surface area contributed by atoms with Gasteiger partial charge >= 0.3 is 0 Å². The van der Waals surface area contributed by atoms with Gasteiger partial charge < -0.3 is 15.2 Å². The van der Waals surface area contributed by atoms with E-state index in [1.54, 1.807) is 11.5 Å². The van der Waals surface area contributed by atoms with Crippen LogP contribution in [0.15, 0.2) is 6.20 Å². The Morgan fingerprint density at radius 1 is 1.38 bits per heavy atom. The fourth-order valence-electron chi connectivity index (χ4n) is 3.79. The highest BCUT2D eigenvalue weighted by Crippen LogP contribution is 2.44. The lowest BCUT2D eigenvalue weighted by Gasteiger charge is -2.33. The fraction of sp³-hybridized carbons (Fsp3) is 0.524. The van der Waals surface area contributed by atoms with Gasteiger partial charge in [0.15, 0.2) is 0 Å². The highest BCUT2D eigenvalue weighted by Gasteiger charge is 2.32. The van der Waals surface area contributed by atoms with Crippen molar-refractivity contribution in [3.63, 3.8) is 0 Å². The monoisotopic (exact) mass is 413 g/mol. The lowest BCUT2D eigenvalue weighted by atomic mass is 9.72. The molecule has 8 heteroatoms. The van der Waals surface area contributed by atoms with Crippen LogP contribution in [0.2, 0.25) is 0 Å². The second-order valence-corrected chi connectivity index (χ2v) is 9.74. The zero-order chi connectivity index (χ0) is 21.3. The average Bonchev–Trinajstić information content (AvgIpc) is 3.13. The molecule has 1 aliphatic rings. The van der Waals surface area contributed by atoms with Crippen molar-refractivity contribution in [2.45, 2.75) is 60.4 Å². The molecule has 0 aromatic carbocycles. The van der Waals surface area contributed by atoms with E-state index in [4.69, 9.17) is 0 Å². The highest BCUT2D eigenvalue weighted by atomic mass is 32.1. The summed E-state index contributed by atoms with van der Waals surface area (Å²) in [6.45, 7) is 9.96. The molecule has 0 aliphatic heterocycles. The molecular formula is C21H27N5O2S. The first-order valence-electron chi connectivity index (χ1n) is 9.74. The molecule has 29 heavy (non-hydrogen) atoms. The third kappa shape index (κ3) is 4.51. The van der Waals surface area contributed by atoms with Crippen molar-refractivity contribution in [2.75, 3.05) is 10.6 Å². The number of anilines is 2. The Labute approximate surface area is 175 Å². The first kappa shape index (κ1) is 21.1. The molecule has 1 unspecified atom stereocenters. The predicted octanol–water partition coefficient (Wildman–Crippen LogP) is 3.87. The molecule has 0 saturated carbocycles. The lowest BCUT2D eigenvalue weighted by Crippen LogP contribution is -2.26. The number of imidazole rings is 1. The normalized spacial score (nSPS) is 16.1. The van der Waals surface area contributed by atoms with Crippen molar-refractivity contribution >= 4 is 34.0 Å². The van der Waals surface area contributed by atoms with Crippen LogP contribution in [0, 0.1) is 29.6 Å². The maximum atomic E-state index is 12.7. The number of nitrogens with one attached hydrogen (secondary N) is 2. The number of aromatic nitrogens is 2. The number of amides is 2. The molecule has 0 bridgehead atoms. The van der Waals surface area contributed by atoms with Crippen molar-refractivity contribution in [1.29, 1.82) is 5.26 Å². The number of hydrogen-bond donors (Lipinski definition) is 2. The molecule has 2 aromatic rings. The van der Waals surface area contributed by atoms with Crippen LogP contribution in [0.3, 0.4) is 0 Å². The number of rotatable bonds is 4. The van der Waals surface area contributed by atoms with E-state index >= 15 is 0 Å². The number of nitrogens with zero attached hydrogens (tertiary/aromatic N) is 3. The third-order valence-corrected chi connectivity index (χ3v) is 6.69. The molecule has 3 rings (SSSR count). The van der Waals surface area contributed by atoms with Crippen LogP contribution in [0.25, 0.3) is 0 Å². The molecule has 0 fully saturated rings. The Hall–Kier alpha value is -2.66. The fourth-order valence-corrected chi connectivity index (χ4v) is 5.08. The zero-order valence-electron chi connectivity index (χ0n) is 17.5. The first-order valence-corrected chi connectivity index (χ1v) is 10.6. The summed E-state index contributed by atoms with van der Waals surface area (Å²) in [5.41, 5.74) is 1.90. The molecule has 2 aromatic heterocycles. The summed E-state index contributed by atoms with van der Waals surface area (Å²) < 4.78 is 1.64. The summed E-state index contributed by atoms with van der Waals surface area (Å²) in [6.07, 6.45) is 4.41. The topological polar surface area (TPSA) is 99.8 Å². The van der Waals surface area contributed by atoms with Gasteiger partial charge in [-0.25, -0.2) is 4.98 Å². The minimum Gasteiger partial charge on any atom is -0.315 e. The second-order valence-electron chi connectivity index (χ2n) is 8.63. The molecule has 2 N–H and O–H groups in total. The highest BCUT2D eigenvalue weighted by molar-refractivity contribution is 7.16. The van der Waals surface area contributed by atoms with Crippen LogP contribution in [-0.4, -0.2) is 21.4 Å². The maximum Gasteiger partial charge on any atom is 0.245 e. The van der Waals surface area contributed by atoms with Crippen LogP contribution < -0.4 is 10.6 Å². The number of carbonyl (C=O) groups excluding carboxylic acids is 2. The Balaban J connectivity index is 1.79. The summed E-state index contributed by atoms with van der Waals surface area (Å²) in [4.78, 5) is 29.4. The molecule has 1 aliphatic carbocycles. The van der Waals surface area contributed by atoms with Gasteiger partial charge in [0.1, 0.15) is 29.3 Å². The van der Waals surface area contributed by atoms with Crippen molar-refractivity contribution in [1.82, 2.24) is 9.55 Å². The standard InChI is InChI=1S/C21H27N5O2S/c1-12-23-10-18(24-13(2)27)26(12)11-19(28)25-20-16(9-22)15-7-6-14(21(3,4)5)8-17(15)29-20/h10,14H,6-8,11H2,1-5H3,(H,24,27)(H,25,28). The van der Waals surface area contributed by atoms with Crippen molar-refractivity contribution in [3.05, 3.63) is 28.0 Å². The van der Waals surface area contributed by atoms with Crippen LogP contribution in [0.4, 0.5) is 10.8 Å². The molecule has 0 spiro atoms. The summed E-state index contributed by atoms with van der Waals surface area (Å²) in [5.74, 6) is 1.20. The van der Waals surface area contributed by atoms with Gasteiger partial charge in [0.25, 0.3) is 0 Å². The number of aryl methyl sites for hydroxylation is 1. The molecule has 2 amide bonds. The minimum absolute atomic E-state index is 0.0134. The van der Waals surface area contributed by atoms with E-state index in [1.165, 1.54) is 29.3 Å². The molecular weight excluding hydrogens is 386 g/mol. The Kier molecular flexibility index (Phi) is 5.80. The van der Waals surface area contributed by atoms with Crippen LogP contribution in [0.5, 0.6) is 0 Å². The number of nitriles is 1. The van der Waals surface area contributed by atoms with E-state index in [0.717, 1.165) is 24.8 Å². The summed E-state index contributed by atoms with van der Waals surface area (Å²) in [7, 11) is 0. The molecule has 1 atom stereocenters. The van der Waals surface area contributed by atoms with Gasteiger partial charge in [0.05, 0.1) is 11.8 Å². The average molecular weight is 414 g/mol. The quantitative estimate of drug-likeness (QED) is 0.794. The second kappa shape index (κ2) is 7.99. The van der Waals surface area contributed by atoms with E-state index < -0.39 is 0 Å². The SMILES string of the molecule is CC(=O)Nc1cnc(C)n1CC(=O)Nc1sc2c(c1C#N)CCC(C(C)(C)C)C2. The summed E-state index contributed by atoms with van der Waals surface area (Å²) in [5, 5.41) is 15.9. The van der Waals surface area contributed by atoms with E-state index in [0.29, 0.717) is 28.1 Å². The Bertz CT molecular complexity index is 990. The maximum absolute atomic E-state index is 12.7. The van der Waals surface area contributed by atoms with Crippen molar-refractivity contribution in [2.24, 2.45) is 11.3 Å². The number of hydrogen-bond acceptors (Lipinski definition) is 5. The van der Waals surface area contributed by atoms with Gasteiger partial charge in [-0.3, -0.25) is 9.59 Å². The summed E-state index contributed by atoms with van der Waals surface area (Å²) >= 11 is 1.52. The van der Waals surface area contributed by atoms with E-state index in [9.17, 15) is 14.9 Å². The van der Waals surface area contributed by atoms with Crippen molar-refractivity contribution in [3.8, 4) is 6.07 Å². The van der Waals surface area contributed by atoms with Gasteiger partial charge in [-0.05, 0) is 43.1 Å². The molecule has 0 saturated heterocycles. The summed E-state index contributed by atoms with van der Waals surface area (Å²) in [6, 6.07) is 2.29. The van der Waals surface area contributed by atoms with Gasteiger partial charge in [-0.1, -0.05) is 20.8 Å². The smallest absolute Gasteiger partial charge is 0.245 e. The third-order valence-electron chi connectivity index (χ3n) is 5.52. The van der Waals surface area contributed by atoms with Crippen LogP contribution >= 0.6 is 11.3 Å². The van der Waals surface area contributed by atoms with Crippen LogP contribution in [-0.2, 0) is 29.0 Å². The largest absolute Gasteiger partial charge is 0.315 e. The van der Waals surface area contributed by atoms with Gasteiger partial charge in [0.2, 0.25) is 11.8 Å². The lowest BCUT2D eigenvalue weighted by molar-refractivity contribution is -0.117. The van der Waals surface area contributed by atoms with E-state index in [1.807, 2.05) is 0 Å². The van der Waals surface area contributed by atoms with Gasteiger partial charge in [-0.15, -0.1) is 11.3 Å². The van der Waals surface area contributed by atoms with E-state index in [2.05, 4.69) is 42.5 Å². The van der Waals surface area contributed by atoms with Gasteiger partial charge in [0, 0.05) is 11.8 Å². The zero-order valence-corrected chi connectivity index (χ0v) is 18.4. The molecule has 2 heterocycles. The van der Waals surface area contributed by atoms with Crippen molar-refractivity contribution < 1.29 is 9.59 Å². The molecule has 0 radical (unpaired) electrons. The number of thiophene rings is 1. The molecule has 154 valence electrons. The Morgan fingerprint density at radius 2 is 2.10 bits per heavy atom. The Morgan fingerprint density at radius 3 is 2.72 bits per heavy atom. The number of fused-ring (bicyclic) bond motifs is 1. The predicted molar refractivity (Wildman–Crippen MR) is 114 cm³/mol. The van der Waals surface area contributed by atoms with Gasteiger partial charge in [-0.2, -0.15) is 5.26 Å².